The Labute approximate surface area is 102 Å². The van der Waals surface area contributed by atoms with Crippen LogP contribution in [0.3, 0.4) is 0 Å². The highest BCUT2D eigenvalue weighted by Gasteiger charge is 2.08. The van der Waals surface area contributed by atoms with Crippen LogP contribution in [0.5, 0.6) is 5.75 Å². The number of aromatic hydroxyl groups is 1. The average Bonchev–Trinajstić information content (AvgIpc) is 2.28. The van der Waals surface area contributed by atoms with Gasteiger partial charge >= 0.3 is 6.03 Å². The maximum atomic E-state index is 11.7. The quantitative estimate of drug-likeness (QED) is 0.844. The second-order valence-corrected chi connectivity index (χ2v) is 4.13. The molecule has 0 saturated carbocycles. The van der Waals surface area contributed by atoms with E-state index in [9.17, 15) is 4.79 Å². The molecule has 0 atom stereocenters. The molecular weight excluding hydrogens is 216 g/mol. The first-order valence-corrected chi connectivity index (χ1v) is 5.50. The maximum Gasteiger partial charge on any atom is 0.325 e. The number of anilines is 1. The summed E-state index contributed by atoms with van der Waals surface area (Å²) in [5.74, 6) is 0.580. The molecule has 1 aromatic carbocycles. The topological polar surface area (TPSA) is 52.6 Å². The van der Waals surface area contributed by atoms with E-state index < -0.39 is 0 Å². The van der Waals surface area contributed by atoms with Gasteiger partial charge in [-0.15, -0.1) is 0 Å². The zero-order valence-electron chi connectivity index (χ0n) is 10.3. The third-order valence-electron chi connectivity index (χ3n) is 2.23. The summed E-state index contributed by atoms with van der Waals surface area (Å²) in [4.78, 5) is 13.2. The van der Waals surface area contributed by atoms with Gasteiger partial charge in [-0.25, -0.2) is 4.79 Å². The van der Waals surface area contributed by atoms with Crippen molar-refractivity contribution in [1.82, 2.24) is 5.32 Å². The van der Waals surface area contributed by atoms with Gasteiger partial charge in [0.2, 0.25) is 0 Å². The summed E-state index contributed by atoms with van der Waals surface area (Å²) >= 11 is 0. The van der Waals surface area contributed by atoms with Crippen molar-refractivity contribution in [2.45, 2.75) is 13.8 Å². The predicted octanol–water partition coefficient (Wildman–Crippen LogP) is 2.71. The molecule has 17 heavy (non-hydrogen) atoms. The van der Waals surface area contributed by atoms with Crippen molar-refractivity contribution in [3.8, 4) is 5.75 Å². The van der Waals surface area contributed by atoms with Crippen LogP contribution in [-0.2, 0) is 0 Å². The van der Waals surface area contributed by atoms with E-state index in [1.54, 1.807) is 37.5 Å². The van der Waals surface area contributed by atoms with Gasteiger partial charge in [0, 0.05) is 18.9 Å². The normalized spacial score (nSPS) is 10.8. The molecular formula is C13H18N2O2. The van der Waals surface area contributed by atoms with Crippen LogP contribution in [0.25, 0.3) is 0 Å². The molecule has 0 unspecified atom stereocenters. The fourth-order valence-corrected chi connectivity index (χ4v) is 1.20. The highest BCUT2D eigenvalue weighted by molar-refractivity contribution is 5.91. The Bertz CT molecular complexity index is 396. The van der Waals surface area contributed by atoms with Crippen LogP contribution in [0.2, 0.25) is 0 Å². The van der Waals surface area contributed by atoms with Crippen molar-refractivity contribution < 1.29 is 9.90 Å². The third-order valence-corrected chi connectivity index (χ3v) is 2.23. The Kier molecular flexibility index (Phi) is 4.57. The average molecular weight is 234 g/mol. The molecule has 0 heterocycles. The Morgan fingerprint density at radius 1 is 1.35 bits per heavy atom. The number of nitrogens with one attached hydrogen (secondary N) is 1. The molecule has 0 spiro atoms. The number of urea groups is 1. The van der Waals surface area contributed by atoms with Crippen molar-refractivity contribution in [2.75, 3.05) is 11.9 Å². The lowest BCUT2D eigenvalue weighted by molar-refractivity contribution is 0.250. The summed E-state index contributed by atoms with van der Waals surface area (Å²) in [6, 6.07) is 6.24. The number of benzene rings is 1. The zero-order valence-corrected chi connectivity index (χ0v) is 10.3. The van der Waals surface area contributed by atoms with Crippen LogP contribution in [-0.4, -0.2) is 18.2 Å². The van der Waals surface area contributed by atoms with E-state index in [4.69, 9.17) is 5.11 Å². The van der Waals surface area contributed by atoms with Crippen LogP contribution in [0.4, 0.5) is 10.5 Å². The highest BCUT2D eigenvalue weighted by Crippen LogP contribution is 2.16. The first kappa shape index (κ1) is 13.1. The summed E-state index contributed by atoms with van der Waals surface area (Å²) in [7, 11) is 1.67. The SMILES string of the molecule is CC(C)/C=C/NC(=O)N(C)c1ccc(O)cc1. The maximum absolute atomic E-state index is 11.7. The molecule has 4 heteroatoms. The Morgan fingerprint density at radius 2 is 1.94 bits per heavy atom. The van der Waals surface area contributed by atoms with Crippen molar-refractivity contribution in [2.24, 2.45) is 5.92 Å². The fourth-order valence-electron chi connectivity index (χ4n) is 1.20. The minimum absolute atomic E-state index is 0.183. The predicted molar refractivity (Wildman–Crippen MR) is 69.0 cm³/mol. The summed E-state index contributed by atoms with van der Waals surface area (Å²) in [5.41, 5.74) is 0.721. The summed E-state index contributed by atoms with van der Waals surface area (Å²) < 4.78 is 0. The lowest BCUT2D eigenvalue weighted by atomic mass is 10.2. The molecule has 0 aromatic heterocycles. The number of rotatable bonds is 3. The van der Waals surface area contributed by atoms with Gasteiger partial charge in [-0.2, -0.15) is 0 Å². The molecule has 1 rings (SSSR count). The minimum atomic E-state index is -0.215. The van der Waals surface area contributed by atoms with Gasteiger partial charge in [-0.05, 0) is 30.2 Å². The number of carbonyl (C=O) groups is 1. The Hall–Kier alpha value is -1.97. The van der Waals surface area contributed by atoms with Gasteiger partial charge in [0.05, 0.1) is 0 Å². The lowest BCUT2D eigenvalue weighted by Gasteiger charge is -2.16. The van der Waals surface area contributed by atoms with Gasteiger partial charge in [0.25, 0.3) is 0 Å². The van der Waals surface area contributed by atoms with E-state index in [0.717, 1.165) is 5.69 Å². The summed E-state index contributed by atoms with van der Waals surface area (Å²) in [6.45, 7) is 4.07. The summed E-state index contributed by atoms with van der Waals surface area (Å²) in [6.07, 6.45) is 3.55. The van der Waals surface area contributed by atoms with Gasteiger partial charge in [-0.3, -0.25) is 4.90 Å². The van der Waals surface area contributed by atoms with E-state index in [0.29, 0.717) is 5.92 Å². The van der Waals surface area contributed by atoms with Crippen LogP contribution in [0, 0.1) is 5.92 Å². The van der Waals surface area contributed by atoms with Gasteiger partial charge < -0.3 is 10.4 Å². The van der Waals surface area contributed by atoms with Crippen molar-refractivity contribution in [3.05, 3.63) is 36.5 Å². The van der Waals surface area contributed by atoms with Crippen molar-refractivity contribution >= 4 is 11.7 Å². The first-order valence-electron chi connectivity index (χ1n) is 5.50. The van der Waals surface area contributed by atoms with E-state index in [1.165, 1.54) is 4.90 Å². The number of hydrogen-bond acceptors (Lipinski definition) is 2. The van der Waals surface area contributed by atoms with E-state index in [1.807, 2.05) is 19.9 Å². The van der Waals surface area contributed by atoms with Gasteiger partial charge in [0.15, 0.2) is 0 Å². The standard InChI is InChI=1S/C13H18N2O2/c1-10(2)8-9-14-13(17)15(3)11-4-6-12(16)7-5-11/h4-10,16H,1-3H3,(H,14,17)/b9-8+. The van der Waals surface area contributed by atoms with E-state index in [-0.39, 0.29) is 11.8 Å². The molecule has 0 bridgehead atoms. The van der Waals surface area contributed by atoms with Crippen LogP contribution in [0.15, 0.2) is 36.5 Å². The number of carbonyl (C=O) groups excluding carboxylic acids is 1. The van der Waals surface area contributed by atoms with E-state index in [2.05, 4.69) is 5.32 Å². The zero-order chi connectivity index (χ0) is 12.8. The monoisotopic (exact) mass is 234 g/mol. The van der Waals surface area contributed by atoms with Crippen molar-refractivity contribution in [3.63, 3.8) is 0 Å². The molecule has 0 aliphatic carbocycles. The molecule has 2 N–H and O–H groups in total. The molecule has 0 aliphatic rings. The number of allylic oxidation sites excluding steroid dienone is 1. The highest BCUT2D eigenvalue weighted by atomic mass is 16.3. The van der Waals surface area contributed by atoms with E-state index >= 15 is 0 Å². The molecule has 0 saturated heterocycles. The second-order valence-electron chi connectivity index (χ2n) is 4.13. The number of phenols is 1. The first-order chi connectivity index (χ1) is 8.00. The largest absolute Gasteiger partial charge is 0.508 e. The van der Waals surface area contributed by atoms with Gasteiger partial charge in [-0.1, -0.05) is 19.9 Å². The molecule has 92 valence electrons. The summed E-state index contributed by atoms with van der Waals surface area (Å²) in [5, 5.41) is 11.8. The minimum Gasteiger partial charge on any atom is -0.508 e. The lowest BCUT2D eigenvalue weighted by Crippen LogP contribution is -2.34. The smallest absolute Gasteiger partial charge is 0.325 e. The van der Waals surface area contributed by atoms with Crippen LogP contribution < -0.4 is 10.2 Å². The molecule has 1 aromatic rings. The molecule has 2 amide bonds. The fraction of sp³-hybridized carbons (Fsp3) is 0.308. The molecule has 4 nitrogen and oxygen atoms in total. The number of hydrogen-bond donors (Lipinski definition) is 2. The molecule has 0 aliphatic heterocycles. The molecule has 0 fully saturated rings. The van der Waals surface area contributed by atoms with Crippen molar-refractivity contribution in [1.29, 1.82) is 0 Å². The van der Waals surface area contributed by atoms with Crippen LogP contribution >= 0.6 is 0 Å². The number of nitrogens with zero attached hydrogens (tertiary/aromatic N) is 1. The van der Waals surface area contributed by atoms with Crippen LogP contribution in [0.1, 0.15) is 13.8 Å². The van der Waals surface area contributed by atoms with Gasteiger partial charge in [0.1, 0.15) is 5.75 Å². The molecule has 0 radical (unpaired) electrons. The second kappa shape index (κ2) is 5.94. The number of phenolic OH excluding ortho intramolecular Hbond substituents is 1. The number of amides is 2. The third kappa shape index (κ3) is 4.18. The Morgan fingerprint density at radius 3 is 2.47 bits per heavy atom. The Balaban J connectivity index is 2.60.